The highest BCUT2D eigenvalue weighted by Gasteiger charge is 2.43. The lowest BCUT2D eigenvalue weighted by atomic mass is 10.1. The first kappa shape index (κ1) is 28.3. The van der Waals surface area contributed by atoms with E-state index in [9.17, 15) is 18.4 Å². The summed E-state index contributed by atoms with van der Waals surface area (Å²) in [6, 6.07) is 14.2. The number of nitrogens with zero attached hydrogens (tertiary/aromatic N) is 1. The maximum absolute atomic E-state index is 13.5. The Morgan fingerprint density at radius 1 is 0.953 bits per heavy atom. The van der Waals surface area contributed by atoms with Crippen LogP contribution in [0.25, 0.3) is 0 Å². The Morgan fingerprint density at radius 2 is 1.79 bits per heavy atom. The van der Waals surface area contributed by atoms with Crippen LogP contribution in [0.5, 0.6) is 34.5 Å². The Morgan fingerprint density at radius 3 is 2.60 bits per heavy atom. The van der Waals surface area contributed by atoms with Crippen molar-refractivity contribution in [1.82, 2.24) is 15.5 Å². The van der Waals surface area contributed by atoms with Gasteiger partial charge in [0.2, 0.25) is 0 Å². The zero-order valence-electron chi connectivity index (χ0n) is 23.4. The summed E-state index contributed by atoms with van der Waals surface area (Å²) in [6.07, 6.45) is -4.18. The summed E-state index contributed by atoms with van der Waals surface area (Å²) < 4.78 is 59.1. The molecule has 0 spiro atoms. The van der Waals surface area contributed by atoms with E-state index in [-0.39, 0.29) is 36.1 Å². The highest BCUT2D eigenvalue weighted by molar-refractivity contribution is 5.95. The van der Waals surface area contributed by atoms with Crippen molar-refractivity contribution >= 4 is 11.8 Å². The van der Waals surface area contributed by atoms with Gasteiger partial charge in [0, 0.05) is 49.4 Å². The van der Waals surface area contributed by atoms with Gasteiger partial charge in [-0.1, -0.05) is 6.07 Å². The van der Waals surface area contributed by atoms with Gasteiger partial charge in [-0.25, -0.2) is 0 Å². The molecule has 4 heterocycles. The molecule has 0 saturated carbocycles. The molecule has 13 heteroatoms. The monoisotopic (exact) mass is 597 g/mol. The Kier molecular flexibility index (Phi) is 7.57. The van der Waals surface area contributed by atoms with Crippen molar-refractivity contribution in [2.75, 3.05) is 33.9 Å². The third-order valence-electron chi connectivity index (χ3n) is 7.30. The van der Waals surface area contributed by atoms with Gasteiger partial charge >= 0.3 is 6.29 Å². The van der Waals surface area contributed by atoms with Crippen LogP contribution in [-0.4, -0.2) is 69.1 Å². The van der Waals surface area contributed by atoms with Crippen LogP contribution >= 0.6 is 0 Å². The molecule has 4 bridgehead atoms. The number of benzene rings is 3. The molecular weight excluding hydrogens is 568 g/mol. The number of likely N-dealkylation sites (tertiary alicyclic amines) is 1. The normalized spacial score (nSPS) is 21.1. The van der Waals surface area contributed by atoms with Crippen molar-refractivity contribution in [1.29, 1.82) is 0 Å². The zero-order valence-corrected chi connectivity index (χ0v) is 23.4. The molecule has 43 heavy (non-hydrogen) atoms. The van der Waals surface area contributed by atoms with E-state index >= 15 is 0 Å². The van der Waals surface area contributed by atoms with Crippen molar-refractivity contribution < 1.29 is 46.8 Å². The number of methoxy groups -OCH3 is 2. The molecule has 1 fully saturated rings. The molecular formula is C30H29F2N3O8. The number of carbonyl (C=O) groups excluding carboxylic acids is 2. The summed E-state index contributed by atoms with van der Waals surface area (Å²) >= 11 is 0. The van der Waals surface area contributed by atoms with Crippen LogP contribution in [0.15, 0.2) is 54.6 Å². The van der Waals surface area contributed by atoms with Gasteiger partial charge in [0.25, 0.3) is 11.8 Å². The van der Waals surface area contributed by atoms with Crippen molar-refractivity contribution in [2.45, 2.75) is 31.5 Å². The number of hydrogen-bond donors (Lipinski definition) is 2. The first-order chi connectivity index (χ1) is 20.7. The summed E-state index contributed by atoms with van der Waals surface area (Å²) in [4.78, 5) is 28.0. The number of rotatable bonds is 4. The third kappa shape index (κ3) is 6.36. The molecule has 7 rings (SSSR count). The van der Waals surface area contributed by atoms with Crippen LogP contribution in [0.2, 0.25) is 0 Å². The summed E-state index contributed by atoms with van der Waals surface area (Å²) in [5, 5.41) is 5.86. The topological polar surface area (TPSA) is 117 Å². The van der Waals surface area contributed by atoms with E-state index in [1.54, 1.807) is 36.4 Å². The van der Waals surface area contributed by atoms with Crippen LogP contribution in [0.3, 0.4) is 0 Å². The maximum Gasteiger partial charge on any atom is 0.586 e. The first-order valence-electron chi connectivity index (χ1n) is 13.5. The quantitative estimate of drug-likeness (QED) is 0.468. The molecule has 0 aromatic heterocycles. The van der Waals surface area contributed by atoms with E-state index in [0.717, 1.165) is 11.1 Å². The van der Waals surface area contributed by atoms with E-state index in [0.29, 0.717) is 42.6 Å². The minimum absolute atomic E-state index is 0.0280. The van der Waals surface area contributed by atoms with Crippen LogP contribution in [-0.2, 0) is 17.9 Å². The van der Waals surface area contributed by atoms with E-state index in [2.05, 4.69) is 20.1 Å². The second-order valence-corrected chi connectivity index (χ2v) is 10.3. The molecule has 3 aromatic carbocycles. The van der Waals surface area contributed by atoms with Crippen molar-refractivity contribution in [3.63, 3.8) is 0 Å². The lowest BCUT2D eigenvalue weighted by Gasteiger charge is -2.22. The number of alkyl halides is 2. The second kappa shape index (κ2) is 11.5. The Bertz CT molecular complexity index is 1550. The third-order valence-corrected chi connectivity index (χ3v) is 7.30. The van der Waals surface area contributed by atoms with Gasteiger partial charge in [-0.05, 0) is 42.0 Å². The minimum atomic E-state index is -3.70. The second-order valence-electron chi connectivity index (χ2n) is 10.3. The molecule has 2 amide bonds. The molecule has 3 aromatic rings. The number of fused-ring (bicyclic) bond motifs is 8. The fourth-order valence-corrected chi connectivity index (χ4v) is 5.26. The van der Waals surface area contributed by atoms with Crippen molar-refractivity contribution in [3.05, 3.63) is 71.3 Å². The summed E-state index contributed by atoms with van der Waals surface area (Å²) in [5.74, 6) is 0.901. The van der Waals surface area contributed by atoms with E-state index in [1.165, 1.54) is 32.4 Å². The minimum Gasteiger partial charge on any atom is -0.497 e. The standard InChI is InChI=1S/C30H29F2N3O8/c1-38-21-8-19-9-22(10-21)40-16-28(36)33-12-18-4-5-20(11-25(18)39-2)41-27-15-35(14-23(27)34-29(19)37)13-17-3-6-24-26(7-17)43-30(31,32)42-24/h3-11,23,27H,12-16H2,1-2H3,(H,33,36)(H,34,37)/t23-,27-/m0/s1. The molecule has 0 unspecified atom stereocenters. The first-order valence-corrected chi connectivity index (χ1v) is 13.5. The fourth-order valence-electron chi connectivity index (χ4n) is 5.26. The Balaban J connectivity index is 1.28. The molecule has 0 aliphatic carbocycles. The summed E-state index contributed by atoms with van der Waals surface area (Å²) in [5.41, 5.74) is 1.74. The van der Waals surface area contributed by atoms with Crippen LogP contribution < -0.4 is 39.1 Å². The Hall–Kier alpha value is -4.78. The van der Waals surface area contributed by atoms with Crippen LogP contribution in [0.4, 0.5) is 8.78 Å². The molecule has 2 atom stereocenters. The fraction of sp³-hybridized carbons (Fsp3) is 0.333. The lowest BCUT2D eigenvalue weighted by molar-refractivity contribution is -0.286. The van der Waals surface area contributed by atoms with Crippen LogP contribution in [0.1, 0.15) is 21.5 Å². The van der Waals surface area contributed by atoms with Crippen molar-refractivity contribution in [3.8, 4) is 34.5 Å². The van der Waals surface area contributed by atoms with Crippen molar-refractivity contribution in [2.24, 2.45) is 0 Å². The molecule has 226 valence electrons. The van der Waals surface area contributed by atoms with Gasteiger partial charge < -0.3 is 39.1 Å². The predicted octanol–water partition coefficient (Wildman–Crippen LogP) is 3.10. The SMILES string of the molecule is COc1cc2cc(c1)C(=O)N[C@H]1CN(Cc3ccc4c(c3)OC(F)(F)O4)C[C@@H]1Oc1ccc(c(OC)c1)CNC(=O)CO2. The van der Waals surface area contributed by atoms with Gasteiger partial charge in [-0.15, -0.1) is 8.78 Å². The van der Waals surface area contributed by atoms with E-state index < -0.39 is 24.3 Å². The largest absolute Gasteiger partial charge is 0.586 e. The number of amides is 2. The van der Waals surface area contributed by atoms with Gasteiger partial charge in [0.05, 0.1) is 20.3 Å². The Labute approximate surface area is 245 Å². The van der Waals surface area contributed by atoms with Gasteiger partial charge in [-0.3, -0.25) is 14.5 Å². The number of halogens is 2. The van der Waals surface area contributed by atoms with Crippen LogP contribution in [0, 0.1) is 0 Å². The highest BCUT2D eigenvalue weighted by Crippen LogP contribution is 2.41. The summed E-state index contributed by atoms with van der Waals surface area (Å²) in [7, 11) is 2.99. The highest BCUT2D eigenvalue weighted by atomic mass is 19.3. The van der Waals surface area contributed by atoms with Gasteiger partial charge in [0.15, 0.2) is 18.1 Å². The molecule has 2 N–H and O–H groups in total. The molecule has 4 aliphatic heterocycles. The van der Waals surface area contributed by atoms with Gasteiger partial charge in [0.1, 0.15) is 29.1 Å². The number of nitrogens with one attached hydrogen (secondary N) is 2. The maximum atomic E-state index is 13.5. The number of ether oxygens (including phenoxy) is 6. The summed E-state index contributed by atoms with van der Waals surface area (Å²) in [6.45, 7) is 1.14. The lowest BCUT2D eigenvalue weighted by Crippen LogP contribution is -2.45. The number of carbonyl (C=O) groups is 2. The average molecular weight is 598 g/mol. The number of hydrogen-bond acceptors (Lipinski definition) is 9. The smallest absolute Gasteiger partial charge is 0.497 e. The van der Waals surface area contributed by atoms with E-state index in [1.807, 2.05) is 4.90 Å². The molecule has 4 aliphatic rings. The molecule has 1 saturated heterocycles. The molecule has 11 nitrogen and oxygen atoms in total. The van der Waals surface area contributed by atoms with E-state index in [4.69, 9.17) is 18.9 Å². The predicted molar refractivity (Wildman–Crippen MR) is 147 cm³/mol. The van der Waals surface area contributed by atoms with Gasteiger partial charge in [-0.2, -0.15) is 0 Å². The zero-order chi connectivity index (χ0) is 30.1. The molecule has 0 radical (unpaired) electrons. The average Bonchev–Trinajstić information content (AvgIpc) is 3.51.